The number of carboxylic acid groups (broad SMARTS) is 1. The third kappa shape index (κ3) is 4.20. The number of thioether (sulfide) groups is 1. The van der Waals surface area contributed by atoms with Crippen LogP contribution in [0.5, 0.6) is 0 Å². The fourth-order valence-corrected chi connectivity index (χ4v) is 4.23. The molecule has 1 aliphatic heterocycles. The Hall–Kier alpha value is -2.84. The van der Waals surface area contributed by atoms with E-state index in [1.165, 1.54) is 12.1 Å². The molecule has 0 amide bonds. The summed E-state index contributed by atoms with van der Waals surface area (Å²) in [5, 5.41) is 10.5. The van der Waals surface area contributed by atoms with Crippen molar-refractivity contribution < 1.29 is 23.1 Å². The highest BCUT2D eigenvalue weighted by Gasteiger charge is 2.29. The van der Waals surface area contributed by atoms with Crippen LogP contribution < -0.4 is 0 Å². The van der Waals surface area contributed by atoms with Crippen molar-refractivity contribution in [2.45, 2.75) is 16.9 Å². The largest absolute Gasteiger partial charge is 0.478 e. The van der Waals surface area contributed by atoms with Gasteiger partial charge >= 0.3 is 11.5 Å². The van der Waals surface area contributed by atoms with Crippen LogP contribution in [0.4, 0.5) is 13.2 Å². The van der Waals surface area contributed by atoms with Crippen molar-refractivity contribution in [1.82, 2.24) is 9.88 Å². The second-order valence-electron chi connectivity index (χ2n) is 7.09. The quantitative estimate of drug-likeness (QED) is 0.554. The summed E-state index contributed by atoms with van der Waals surface area (Å²) < 4.78 is 37.6. The number of aromatic carboxylic acids is 1. The smallest absolute Gasteiger partial charge is 0.446 e. The van der Waals surface area contributed by atoms with Crippen LogP contribution in [-0.4, -0.2) is 40.1 Å². The van der Waals surface area contributed by atoms with Gasteiger partial charge in [0.1, 0.15) is 0 Å². The van der Waals surface area contributed by atoms with E-state index < -0.39 is 11.5 Å². The van der Waals surface area contributed by atoms with E-state index >= 15 is 0 Å². The number of carbonyl (C=O) groups is 1. The first kappa shape index (κ1) is 20.4. The van der Waals surface area contributed by atoms with Crippen LogP contribution in [0.15, 0.2) is 53.4 Å². The van der Waals surface area contributed by atoms with E-state index in [4.69, 9.17) is 4.98 Å². The zero-order valence-electron chi connectivity index (χ0n) is 15.9. The average Bonchev–Trinajstić information content (AvgIpc) is 2.66. The van der Waals surface area contributed by atoms with E-state index in [1.807, 2.05) is 24.1 Å². The van der Waals surface area contributed by atoms with Crippen LogP contribution in [0.1, 0.15) is 27.2 Å². The Morgan fingerprint density at radius 1 is 1.13 bits per heavy atom. The Kier molecular flexibility index (Phi) is 5.29. The maximum Gasteiger partial charge on any atom is 0.446 e. The third-order valence-corrected chi connectivity index (χ3v) is 5.57. The standard InChI is InChI=1S/C22H17F3N2O2S/c1-27-11-14(10-13-6-8-15(9-7-13)30-22(23,24)25)20-17(12-27)19(21(28)29)16-4-2-3-5-18(16)26-20/h2-10H,11-12H2,1H3,(H,28,29). The minimum atomic E-state index is -4.33. The molecular weight excluding hydrogens is 413 g/mol. The number of likely N-dealkylation sites (N-methyl/N-ethyl adjacent to an activating group) is 1. The fraction of sp³-hybridized carbons (Fsp3) is 0.182. The first-order valence-corrected chi connectivity index (χ1v) is 9.93. The molecule has 154 valence electrons. The average molecular weight is 430 g/mol. The predicted molar refractivity (Wildman–Crippen MR) is 111 cm³/mol. The molecule has 30 heavy (non-hydrogen) atoms. The van der Waals surface area contributed by atoms with E-state index in [9.17, 15) is 23.1 Å². The molecule has 4 rings (SSSR count). The zero-order valence-corrected chi connectivity index (χ0v) is 16.7. The number of aromatic nitrogens is 1. The van der Waals surface area contributed by atoms with Crippen molar-refractivity contribution >= 4 is 40.3 Å². The second-order valence-corrected chi connectivity index (χ2v) is 8.23. The SMILES string of the molecule is CN1CC(=Cc2ccc(SC(F)(F)F)cc2)c2nc3ccccc3c(C(=O)O)c2C1. The summed E-state index contributed by atoms with van der Waals surface area (Å²) in [4.78, 5) is 18.9. The molecule has 1 aromatic heterocycles. The van der Waals surface area contributed by atoms with E-state index in [2.05, 4.69) is 0 Å². The van der Waals surface area contributed by atoms with Crippen molar-refractivity contribution in [3.05, 3.63) is 70.9 Å². The number of fused-ring (bicyclic) bond motifs is 2. The lowest BCUT2D eigenvalue weighted by Crippen LogP contribution is -2.28. The van der Waals surface area contributed by atoms with Crippen molar-refractivity contribution in [2.24, 2.45) is 0 Å². The second kappa shape index (κ2) is 7.77. The van der Waals surface area contributed by atoms with E-state index in [0.717, 1.165) is 11.1 Å². The number of para-hydroxylation sites is 1. The van der Waals surface area contributed by atoms with Crippen LogP contribution in [0, 0.1) is 0 Å². The number of halogens is 3. The molecule has 0 aliphatic carbocycles. The molecule has 2 heterocycles. The van der Waals surface area contributed by atoms with Gasteiger partial charge in [0.2, 0.25) is 0 Å². The lowest BCUT2D eigenvalue weighted by molar-refractivity contribution is -0.0328. The Bertz CT molecular complexity index is 1160. The van der Waals surface area contributed by atoms with Crippen LogP contribution in [-0.2, 0) is 6.54 Å². The van der Waals surface area contributed by atoms with Crippen molar-refractivity contribution in [1.29, 1.82) is 0 Å². The van der Waals surface area contributed by atoms with Gasteiger partial charge in [0, 0.05) is 28.9 Å². The summed E-state index contributed by atoms with van der Waals surface area (Å²) in [5.74, 6) is -1.01. The lowest BCUT2D eigenvalue weighted by Gasteiger charge is -2.28. The molecule has 0 saturated heterocycles. The summed E-state index contributed by atoms with van der Waals surface area (Å²) in [7, 11) is 1.89. The monoisotopic (exact) mass is 430 g/mol. The molecule has 0 atom stereocenters. The summed E-state index contributed by atoms with van der Waals surface area (Å²) in [6, 6.07) is 13.2. The molecule has 0 bridgehead atoms. The fourth-order valence-electron chi connectivity index (χ4n) is 3.69. The third-order valence-electron chi connectivity index (χ3n) is 4.83. The topological polar surface area (TPSA) is 53.4 Å². The van der Waals surface area contributed by atoms with Gasteiger partial charge in [0.25, 0.3) is 0 Å². The molecule has 8 heteroatoms. The number of carboxylic acids is 1. The number of alkyl halides is 3. The van der Waals surface area contributed by atoms with Gasteiger partial charge in [-0.25, -0.2) is 9.78 Å². The molecule has 0 unspecified atom stereocenters. The molecule has 1 aliphatic rings. The van der Waals surface area contributed by atoms with E-state index in [1.54, 1.807) is 30.3 Å². The Morgan fingerprint density at radius 2 is 1.83 bits per heavy atom. The van der Waals surface area contributed by atoms with Gasteiger partial charge < -0.3 is 5.11 Å². The normalized spacial score (nSPS) is 16.1. The lowest BCUT2D eigenvalue weighted by atomic mass is 9.92. The Balaban J connectivity index is 1.81. The maximum atomic E-state index is 12.5. The number of hydrogen-bond acceptors (Lipinski definition) is 4. The van der Waals surface area contributed by atoms with Gasteiger partial charge in [-0.05, 0) is 54.2 Å². The maximum absolute atomic E-state index is 12.5. The van der Waals surface area contributed by atoms with Crippen molar-refractivity contribution in [2.75, 3.05) is 13.6 Å². The molecule has 1 N–H and O–H groups in total. The Morgan fingerprint density at radius 3 is 2.50 bits per heavy atom. The minimum Gasteiger partial charge on any atom is -0.478 e. The zero-order chi connectivity index (χ0) is 21.5. The minimum absolute atomic E-state index is 0.114. The first-order valence-electron chi connectivity index (χ1n) is 9.11. The van der Waals surface area contributed by atoms with Gasteiger partial charge in [-0.15, -0.1) is 0 Å². The summed E-state index contributed by atoms with van der Waals surface area (Å²) in [5.41, 5.74) is -0.675. The van der Waals surface area contributed by atoms with Crippen molar-refractivity contribution in [3.63, 3.8) is 0 Å². The summed E-state index contributed by atoms with van der Waals surface area (Å²) >= 11 is -0.155. The number of nitrogens with zero attached hydrogens (tertiary/aromatic N) is 2. The van der Waals surface area contributed by atoms with E-state index in [0.29, 0.717) is 35.2 Å². The van der Waals surface area contributed by atoms with Gasteiger partial charge in [-0.3, -0.25) is 4.90 Å². The number of pyridine rings is 1. The molecule has 4 nitrogen and oxygen atoms in total. The number of rotatable bonds is 3. The van der Waals surface area contributed by atoms with Crippen LogP contribution in [0.3, 0.4) is 0 Å². The van der Waals surface area contributed by atoms with Gasteiger partial charge in [-0.2, -0.15) is 13.2 Å². The summed E-state index contributed by atoms with van der Waals surface area (Å²) in [6.45, 7) is 1.00. The summed E-state index contributed by atoms with van der Waals surface area (Å²) in [6.07, 6.45) is 1.85. The molecule has 0 spiro atoms. The molecule has 0 saturated carbocycles. The molecule has 3 aromatic rings. The first-order chi connectivity index (χ1) is 14.2. The van der Waals surface area contributed by atoms with Crippen LogP contribution >= 0.6 is 11.8 Å². The number of benzene rings is 2. The Labute approximate surface area is 175 Å². The van der Waals surface area contributed by atoms with Crippen molar-refractivity contribution in [3.8, 4) is 0 Å². The van der Waals surface area contributed by atoms with E-state index in [-0.39, 0.29) is 22.2 Å². The highest BCUT2D eigenvalue weighted by Crippen LogP contribution is 2.37. The van der Waals surface area contributed by atoms with Gasteiger partial charge in [0.05, 0.1) is 16.8 Å². The molecule has 2 aromatic carbocycles. The van der Waals surface area contributed by atoms with Crippen LogP contribution in [0.2, 0.25) is 0 Å². The molecule has 0 fully saturated rings. The number of hydrogen-bond donors (Lipinski definition) is 1. The highest BCUT2D eigenvalue weighted by molar-refractivity contribution is 8.00. The highest BCUT2D eigenvalue weighted by atomic mass is 32.2. The molecule has 0 radical (unpaired) electrons. The molecular formula is C22H17F3N2O2S. The van der Waals surface area contributed by atoms with Crippen LogP contribution in [0.25, 0.3) is 22.6 Å². The van der Waals surface area contributed by atoms with Gasteiger partial charge in [-0.1, -0.05) is 30.3 Å². The van der Waals surface area contributed by atoms with Gasteiger partial charge in [0.15, 0.2) is 0 Å². The predicted octanol–water partition coefficient (Wildman–Crippen LogP) is 5.53.